The van der Waals surface area contributed by atoms with Gasteiger partial charge in [-0.25, -0.2) is 8.42 Å². The Kier molecular flexibility index (Phi) is 4.27. The first-order valence-electron chi connectivity index (χ1n) is 8.45. The molecule has 7 nitrogen and oxygen atoms in total. The fourth-order valence-electron chi connectivity index (χ4n) is 3.05. The van der Waals surface area contributed by atoms with Gasteiger partial charge in [0.1, 0.15) is 5.75 Å². The summed E-state index contributed by atoms with van der Waals surface area (Å²) in [5, 5.41) is 6.90. The maximum Gasteiger partial charge on any atom is 0.336 e. The summed E-state index contributed by atoms with van der Waals surface area (Å²) >= 11 is 0. The molecule has 0 aliphatic carbocycles. The van der Waals surface area contributed by atoms with Crippen LogP contribution in [0.15, 0.2) is 58.2 Å². The highest BCUT2D eigenvalue weighted by Gasteiger charge is 2.31. The number of amides is 1. The van der Waals surface area contributed by atoms with Gasteiger partial charge >= 0.3 is 5.22 Å². The monoisotopic (exact) mass is 383 g/mol. The van der Waals surface area contributed by atoms with Gasteiger partial charge in [-0.3, -0.25) is 4.79 Å². The zero-order valence-electron chi connectivity index (χ0n) is 14.6. The second kappa shape index (κ2) is 6.62. The van der Waals surface area contributed by atoms with E-state index in [1.54, 1.807) is 12.1 Å². The second-order valence-electron chi connectivity index (χ2n) is 6.42. The van der Waals surface area contributed by atoms with E-state index in [9.17, 15) is 13.2 Å². The number of para-hydroxylation sites is 1. The SMILES string of the molecule is Cc1ccc(-c2nnc(S(=O)(=O)CC(=O)N3CCc4ccccc43)o2)cc1. The number of aryl methyl sites for hydroxylation is 1. The van der Waals surface area contributed by atoms with Gasteiger partial charge in [0.15, 0.2) is 0 Å². The number of anilines is 1. The Morgan fingerprint density at radius 2 is 1.85 bits per heavy atom. The van der Waals surface area contributed by atoms with Crippen molar-refractivity contribution in [3.8, 4) is 11.5 Å². The average Bonchev–Trinajstić information content (AvgIpc) is 3.30. The van der Waals surface area contributed by atoms with Gasteiger partial charge in [0.05, 0.1) is 0 Å². The van der Waals surface area contributed by atoms with Crippen LogP contribution in [0, 0.1) is 6.92 Å². The molecule has 1 aliphatic heterocycles. The van der Waals surface area contributed by atoms with E-state index < -0.39 is 26.7 Å². The van der Waals surface area contributed by atoms with Crippen LogP contribution >= 0.6 is 0 Å². The van der Waals surface area contributed by atoms with E-state index in [4.69, 9.17) is 4.42 Å². The van der Waals surface area contributed by atoms with Crippen LogP contribution in [0.25, 0.3) is 11.5 Å². The fourth-order valence-corrected chi connectivity index (χ4v) is 4.02. The Labute approximate surface area is 156 Å². The Morgan fingerprint density at radius 1 is 1.11 bits per heavy atom. The second-order valence-corrected chi connectivity index (χ2v) is 8.29. The van der Waals surface area contributed by atoms with E-state index in [2.05, 4.69) is 10.2 Å². The van der Waals surface area contributed by atoms with Gasteiger partial charge in [-0.15, -0.1) is 5.10 Å². The lowest BCUT2D eigenvalue weighted by Gasteiger charge is -2.16. The molecule has 0 bridgehead atoms. The van der Waals surface area contributed by atoms with E-state index in [1.807, 2.05) is 43.3 Å². The normalized spacial score (nSPS) is 13.6. The number of carbonyl (C=O) groups is 1. The van der Waals surface area contributed by atoms with Gasteiger partial charge < -0.3 is 9.32 Å². The molecule has 2 aromatic carbocycles. The summed E-state index contributed by atoms with van der Waals surface area (Å²) in [5.41, 5.74) is 3.46. The quantitative estimate of drug-likeness (QED) is 0.687. The highest BCUT2D eigenvalue weighted by molar-refractivity contribution is 7.91. The van der Waals surface area contributed by atoms with Gasteiger partial charge in [-0.1, -0.05) is 41.0 Å². The molecule has 1 aliphatic rings. The van der Waals surface area contributed by atoms with Gasteiger partial charge in [0.25, 0.3) is 0 Å². The molecule has 0 N–H and O–H groups in total. The third-order valence-electron chi connectivity index (χ3n) is 4.47. The number of rotatable bonds is 4. The van der Waals surface area contributed by atoms with E-state index >= 15 is 0 Å². The van der Waals surface area contributed by atoms with Crippen LogP contribution in [0.2, 0.25) is 0 Å². The molecule has 3 aromatic rings. The molecule has 1 amide bonds. The largest absolute Gasteiger partial charge is 0.408 e. The van der Waals surface area contributed by atoms with E-state index in [0.29, 0.717) is 18.5 Å². The van der Waals surface area contributed by atoms with Crippen molar-refractivity contribution in [3.05, 3.63) is 59.7 Å². The maximum absolute atomic E-state index is 12.6. The highest BCUT2D eigenvalue weighted by Crippen LogP contribution is 2.28. The van der Waals surface area contributed by atoms with Crippen molar-refractivity contribution in [2.75, 3.05) is 17.2 Å². The molecule has 0 atom stereocenters. The number of benzene rings is 2. The van der Waals surface area contributed by atoms with E-state index in [0.717, 1.165) is 16.8 Å². The van der Waals surface area contributed by atoms with Crippen LogP contribution in [0.1, 0.15) is 11.1 Å². The molecule has 0 fully saturated rings. The first-order valence-corrected chi connectivity index (χ1v) is 10.1. The summed E-state index contributed by atoms with van der Waals surface area (Å²) in [6.45, 7) is 2.40. The number of nitrogens with zero attached hydrogens (tertiary/aromatic N) is 3. The van der Waals surface area contributed by atoms with Crippen molar-refractivity contribution in [1.82, 2.24) is 10.2 Å². The molecule has 0 saturated carbocycles. The molecule has 0 saturated heterocycles. The van der Waals surface area contributed by atoms with Crippen molar-refractivity contribution in [3.63, 3.8) is 0 Å². The summed E-state index contributed by atoms with van der Waals surface area (Å²) < 4.78 is 30.5. The van der Waals surface area contributed by atoms with Crippen molar-refractivity contribution < 1.29 is 17.6 Å². The third-order valence-corrected chi connectivity index (χ3v) is 5.80. The van der Waals surface area contributed by atoms with Crippen molar-refractivity contribution >= 4 is 21.4 Å². The Morgan fingerprint density at radius 3 is 2.63 bits per heavy atom. The molecule has 0 radical (unpaired) electrons. The summed E-state index contributed by atoms with van der Waals surface area (Å²) in [4.78, 5) is 14.1. The first kappa shape index (κ1) is 17.4. The predicted molar refractivity (Wildman–Crippen MR) is 99.0 cm³/mol. The minimum absolute atomic E-state index is 0.104. The third kappa shape index (κ3) is 3.35. The highest BCUT2D eigenvalue weighted by atomic mass is 32.2. The van der Waals surface area contributed by atoms with Gasteiger partial charge in [0.2, 0.25) is 21.6 Å². The zero-order chi connectivity index (χ0) is 19.0. The lowest BCUT2D eigenvalue weighted by Crippen LogP contribution is -2.34. The molecular weight excluding hydrogens is 366 g/mol. The molecule has 4 rings (SSSR count). The van der Waals surface area contributed by atoms with Crippen LogP contribution in [-0.2, 0) is 21.1 Å². The van der Waals surface area contributed by atoms with Gasteiger partial charge in [0, 0.05) is 17.8 Å². The van der Waals surface area contributed by atoms with Crippen LogP contribution in [-0.4, -0.2) is 36.8 Å². The minimum atomic E-state index is -4.03. The van der Waals surface area contributed by atoms with Crippen LogP contribution < -0.4 is 4.90 Å². The molecule has 138 valence electrons. The van der Waals surface area contributed by atoms with Gasteiger partial charge in [-0.2, -0.15) is 0 Å². The van der Waals surface area contributed by atoms with Gasteiger partial charge in [-0.05, 0) is 37.1 Å². The number of sulfone groups is 1. The zero-order valence-corrected chi connectivity index (χ0v) is 15.4. The molecule has 1 aromatic heterocycles. The number of fused-ring (bicyclic) bond motifs is 1. The van der Waals surface area contributed by atoms with Crippen LogP contribution in [0.5, 0.6) is 0 Å². The fraction of sp³-hybridized carbons (Fsp3) is 0.211. The lowest BCUT2D eigenvalue weighted by atomic mass is 10.1. The number of hydrogen-bond acceptors (Lipinski definition) is 6. The molecule has 2 heterocycles. The van der Waals surface area contributed by atoms with E-state index in [1.165, 1.54) is 4.90 Å². The standard InChI is InChI=1S/C19H17N3O4S/c1-13-6-8-15(9-7-13)18-20-21-19(26-18)27(24,25)12-17(23)22-11-10-14-4-2-3-5-16(14)22/h2-9H,10-12H2,1H3. The summed E-state index contributed by atoms with van der Waals surface area (Å²) in [6.07, 6.45) is 0.708. The number of carbonyl (C=O) groups excluding carboxylic acids is 1. The smallest absolute Gasteiger partial charge is 0.336 e. The Hall–Kier alpha value is -3.00. The minimum Gasteiger partial charge on any atom is -0.408 e. The lowest BCUT2D eigenvalue weighted by molar-refractivity contribution is -0.116. The Bertz CT molecular complexity index is 1100. The van der Waals surface area contributed by atoms with Crippen LogP contribution in [0.3, 0.4) is 0 Å². The van der Waals surface area contributed by atoms with E-state index in [-0.39, 0.29) is 5.89 Å². The Balaban J connectivity index is 1.54. The first-order chi connectivity index (χ1) is 12.9. The van der Waals surface area contributed by atoms with Crippen molar-refractivity contribution in [1.29, 1.82) is 0 Å². The predicted octanol–water partition coefficient (Wildman–Crippen LogP) is 2.41. The maximum atomic E-state index is 12.6. The van der Waals surface area contributed by atoms with Crippen molar-refractivity contribution in [2.24, 2.45) is 0 Å². The van der Waals surface area contributed by atoms with Crippen molar-refractivity contribution in [2.45, 2.75) is 18.6 Å². The number of hydrogen-bond donors (Lipinski definition) is 0. The summed E-state index contributed by atoms with van der Waals surface area (Å²) in [6, 6.07) is 14.7. The molecular formula is C19H17N3O4S. The molecule has 27 heavy (non-hydrogen) atoms. The molecule has 0 spiro atoms. The topological polar surface area (TPSA) is 93.4 Å². The number of aromatic nitrogens is 2. The molecule has 8 heteroatoms. The molecule has 0 unspecified atom stereocenters. The summed E-state index contributed by atoms with van der Waals surface area (Å²) in [5.74, 6) is -1.11. The summed E-state index contributed by atoms with van der Waals surface area (Å²) in [7, 11) is -4.03. The van der Waals surface area contributed by atoms with Crippen LogP contribution in [0.4, 0.5) is 5.69 Å². The average molecular weight is 383 g/mol.